The maximum absolute atomic E-state index is 15.0. The quantitative estimate of drug-likeness (QED) is 0.735. The largest absolute Gasteiger partial charge is 0.323 e. The summed E-state index contributed by atoms with van der Waals surface area (Å²) in [5.41, 5.74) is 0. The number of hydrogen-bond acceptors (Lipinski definition) is 2. The Morgan fingerprint density at radius 3 is 2.04 bits per heavy atom. The lowest BCUT2D eigenvalue weighted by molar-refractivity contribution is -0.921. The molecule has 134 valence electrons. The third-order valence-corrected chi connectivity index (χ3v) is 6.99. The van der Waals surface area contributed by atoms with Gasteiger partial charge in [0.15, 0.2) is 6.17 Å². The number of quaternary nitrogens is 1. The van der Waals surface area contributed by atoms with Crippen LogP contribution in [0, 0.1) is 17.8 Å². The number of likely N-dealkylation sites (tertiary alicyclic amines) is 3. The first-order chi connectivity index (χ1) is 11.0. The maximum Gasteiger partial charge on any atom is 0.152 e. The highest BCUT2D eigenvalue weighted by molar-refractivity contribution is 4.84. The average molecular weight is 327 g/mol. The van der Waals surface area contributed by atoms with Crippen LogP contribution in [0.1, 0.15) is 32.1 Å². The minimum absolute atomic E-state index is 0.340. The van der Waals surface area contributed by atoms with Gasteiger partial charge >= 0.3 is 0 Å². The van der Waals surface area contributed by atoms with Gasteiger partial charge in [0, 0.05) is 18.3 Å². The van der Waals surface area contributed by atoms with E-state index in [1.807, 2.05) is 0 Å². The van der Waals surface area contributed by atoms with E-state index in [1.54, 1.807) is 0 Å². The Morgan fingerprint density at radius 2 is 1.48 bits per heavy atom. The average Bonchev–Trinajstić information content (AvgIpc) is 2.51. The third-order valence-electron chi connectivity index (χ3n) is 6.99. The molecule has 23 heavy (non-hydrogen) atoms. The summed E-state index contributed by atoms with van der Waals surface area (Å²) in [6, 6.07) is 0. The monoisotopic (exact) mass is 326 g/mol. The highest BCUT2D eigenvalue weighted by Crippen LogP contribution is 2.36. The Hall–Kier alpha value is -0.190. The van der Waals surface area contributed by atoms with Crippen LogP contribution in [0.15, 0.2) is 0 Å². The Morgan fingerprint density at radius 1 is 0.913 bits per heavy atom. The Balaban J connectivity index is 1.50. The summed E-state index contributed by atoms with van der Waals surface area (Å²) in [7, 11) is 6.73. The molecular weight excluding hydrogens is 289 g/mol. The Kier molecular flexibility index (Phi) is 5.64. The predicted molar refractivity (Wildman–Crippen MR) is 94.2 cm³/mol. The minimum Gasteiger partial charge on any atom is -0.323 e. The van der Waals surface area contributed by atoms with E-state index in [1.165, 1.54) is 51.9 Å². The molecule has 3 fully saturated rings. The lowest BCUT2D eigenvalue weighted by Crippen LogP contribution is -2.58. The van der Waals surface area contributed by atoms with Gasteiger partial charge in [0.05, 0.1) is 20.1 Å². The van der Waals surface area contributed by atoms with Crippen molar-refractivity contribution in [1.82, 2.24) is 9.80 Å². The number of rotatable bonds is 3. The van der Waals surface area contributed by atoms with Crippen LogP contribution in [-0.2, 0) is 0 Å². The molecule has 0 amide bonds. The van der Waals surface area contributed by atoms with Gasteiger partial charge in [-0.2, -0.15) is 0 Å². The first-order valence-corrected chi connectivity index (χ1v) is 9.80. The molecule has 3 unspecified atom stereocenters. The summed E-state index contributed by atoms with van der Waals surface area (Å²) in [5.74, 6) is 1.79. The highest BCUT2D eigenvalue weighted by Gasteiger charge is 2.42. The van der Waals surface area contributed by atoms with Gasteiger partial charge in [0.1, 0.15) is 6.54 Å². The first kappa shape index (κ1) is 17.6. The van der Waals surface area contributed by atoms with Gasteiger partial charge in [-0.1, -0.05) is 0 Å². The van der Waals surface area contributed by atoms with Crippen molar-refractivity contribution in [3.05, 3.63) is 0 Å². The molecule has 0 spiro atoms. The van der Waals surface area contributed by atoms with Crippen LogP contribution < -0.4 is 0 Å². The number of nitrogens with zero attached hydrogens (tertiary/aromatic N) is 3. The second kappa shape index (κ2) is 7.37. The first-order valence-electron chi connectivity index (χ1n) is 9.80. The van der Waals surface area contributed by atoms with Crippen LogP contribution in [0.5, 0.6) is 0 Å². The van der Waals surface area contributed by atoms with E-state index in [9.17, 15) is 0 Å². The molecule has 3 saturated heterocycles. The van der Waals surface area contributed by atoms with Gasteiger partial charge in [-0.25, -0.2) is 4.39 Å². The maximum atomic E-state index is 15.0. The van der Waals surface area contributed by atoms with Crippen LogP contribution in [0.2, 0.25) is 0 Å². The molecule has 0 aromatic rings. The zero-order chi connectivity index (χ0) is 16.4. The lowest BCUT2D eigenvalue weighted by Gasteiger charge is -2.47. The molecule has 3 aliphatic heterocycles. The fourth-order valence-electron chi connectivity index (χ4n) is 5.31. The SMILES string of the molecule is CN1CCC(C[N+]2(C)CCC(C3CCN(C)CC3)C(F)C2)CC1. The third kappa shape index (κ3) is 4.46. The van der Waals surface area contributed by atoms with E-state index in [0.717, 1.165) is 36.5 Å². The molecular formula is C19H37FN3+. The number of halogens is 1. The van der Waals surface area contributed by atoms with Gasteiger partial charge in [-0.3, -0.25) is 0 Å². The van der Waals surface area contributed by atoms with Gasteiger partial charge in [0.25, 0.3) is 0 Å². The highest BCUT2D eigenvalue weighted by atomic mass is 19.1. The Bertz CT molecular complexity index is 375. The van der Waals surface area contributed by atoms with Gasteiger partial charge in [0.2, 0.25) is 0 Å². The molecule has 0 N–H and O–H groups in total. The second-order valence-corrected chi connectivity index (χ2v) is 9.06. The van der Waals surface area contributed by atoms with Crippen molar-refractivity contribution in [3.8, 4) is 0 Å². The molecule has 3 aliphatic rings. The molecule has 0 radical (unpaired) electrons. The summed E-state index contributed by atoms with van der Waals surface area (Å²) < 4.78 is 16.0. The summed E-state index contributed by atoms with van der Waals surface area (Å²) in [6.45, 7) is 7.94. The smallest absolute Gasteiger partial charge is 0.152 e. The summed E-state index contributed by atoms with van der Waals surface area (Å²) >= 11 is 0. The van der Waals surface area contributed by atoms with Crippen molar-refractivity contribution in [3.63, 3.8) is 0 Å². The van der Waals surface area contributed by atoms with E-state index in [0.29, 0.717) is 11.8 Å². The molecule has 3 heterocycles. The lowest BCUT2D eigenvalue weighted by atomic mass is 9.77. The fourth-order valence-corrected chi connectivity index (χ4v) is 5.31. The molecule has 3 rings (SSSR count). The summed E-state index contributed by atoms with van der Waals surface area (Å²) in [6.07, 6.45) is 5.56. The van der Waals surface area contributed by atoms with Crippen LogP contribution in [0.25, 0.3) is 0 Å². The van der Waals surface area contributed by atoms with Crippen molar-refractivity contribution in [1.29, 1.82) is 0 Å². The standard InChI is InChI=1S/C19H37FN3/c1-21-9-4-16(5-10-21)14-23(3)13-8-18(19(20)15-23)17-6-11-22(2)12-7-17/h16-19H,4-15H2,1-3H3/q+1. The van der Waals surface area contributed by atoms with Crippen molar-refractivity contribution in [2.24, 2.45) is 17.8 Å². The fraction of sp³-hybridized carbons (Fsp3) is 1.00. The number of piperidine rings is 3. The normalized spacial score (nSPS) is 39.7. The van der Waals surface area contributed by atoms with Crippen LogP contribution in [-0.4, -0.2) is 87.4 Å². The molecule has 0 aliphatic carbocycles. The zero-order valence-electron chi connectivity index (χ0n) is 15.5. The summed E-state index contributed by atoms with van der Waals surface area (Å²) in [4.78, 5) is 4.83. The second-order valence-electron chi connectivity index (χ2n) is 9.06. The minimum atomic E-state index is -0.576. The van der Waals surface area contributed by atoms with E-state index in [4.69, 9.17) is 0 Å². The Labute approximate surface area is 142 Å². The molecule has 0 saturated carbocycles. The van der Waals surface area contributed by atoms with Gasteiger partial charge < -0.3 is 14.3 Å². The van der Waals surface area contributed by atoms with Crippen LogP contribution in [0.3, 0.4) is 0 Å². The van der Waals surface area contributed by atoms with Crippen molar-refractivity contribution >= 4 is 0 Å². The predicted octanol–water partition coefficient (Wildman–Crippen LogP) is 2.47. The van der Waals surface area contributed by atoms with Crippen molar-refractivity contribution in [2.45, 2.75) is 38.3 Å². The topological polar surface area (TPSA) is 6.48 Å². The van der Waals surface area contributed by atoms with E-state index in [2.05, 4.69) is 30.9 Å². The molecule has 0 aromatic heterocycles. The molecule has 3 atom stereocenters. The number of hydrogen-bond donors (Lipinski definition) is 0. The van der Waals surface area contributed by atoms with Crippen molar-refractivity contribution < 1.29 is 8.87 Å². The van der Waals surface area contributed by atoms with Crippen LogP contribution in [0.4, 0.5) is 4.39 Å². The molecule has 0 aromatic carbocycles. The zero-order valence-corrected chi connectivity index (χ0v) is 15.5. The van der Waals surface area contributed by atoms with E-state index >= 15 is 4.39 Å². The van der Waals surface area contributed by atoms with Gasteiger partial charge in [-0.05, 0) is 71.9 Å². The van der Waals surface area contributed by atoms with E-state index in [-0.39, 0.29) is 0 Å². The van der Waals surface area contributed by atoms with E-state index < -0.39 is 6.17 Å². The molecule has 0 bridgehead atoms. The summed E-state index contributed by atoms with van der Waals surface area (Å²) in [5, 5.41) is 0. The van der Waals surface area contributed by atoms with Crippen molar-refractivity contribution in [2.75, 3.05) is 67.0 Å². The number of alkyl halides is 1. The van der Waals surface area contributed by atoms with Crippen LogP contribution >= 0.6 is 0 Å². The molecule has 4 heteroatoms. The molecule has 3 nitrogen and oxygen atoms in total. The van der Waals surface area contributed by atoms with Gasteiger partial charge in [-0.15, -0.1) is 0 Å².